The lowest BCUT2D eigenvalue weighted by atomic mass is 10.1. The highest BCUT2D eigenvalue weighted by Crippen LogP contribution is 2.35. The predicted octanol–water partition coefficient (Wildman–Crippen LogP) is 5.36. The number of likely N-dealkylation sites (tertiary alicyclic amines) is 1. The first-order valence-corrected chi connectivity index (χ1v) is 11.4. The van der Waals surface area contributed by atoms with Crippen molar-refractivity contribution in [2.45, 2.75) is 25.4 Å². The highest BCUT2D eigenvalue weighted by molar-refractivity contribution is 6.05. The van der Waals surface area contributed by atoms with Crippen molar-refractivity contribution in [2.75, 3.05) is 31.6 Å². The summed E-state index contributed by atoms with van der Waals surface area (Å²) in [7, 11) is 1.75. The van der Waals surface area contributed by atoms with Crippen LogP contribution < -0.4 is 10.1 Å². The van der Waals surface area contributed by atoms with Crippen molar-refractivity contribution in [3.8, 4) is 17.0 Å². The minimum atomic E-state index is -4.80. The number of aromatic nitrogens is 2. The Morgan fingerprint density at radius 1 is 1.09 bits per heavy atom. The molecule has 3 aromatic rings. The molecule has 1 aromatic heterocycles. The maximum absolute atomic E-state index is 13.7. The molecule has 35 heavy (non-hydrogen) atoms. The first kappa shape index (κ1) is 24.7. The van der Waals surface area contributed by atoms with Crippen LogP contribution in [-0.2, 0) is 13.2 Å². The van der Waals surface area contributed by atoms with Crippen molar-refractivity contribution >= 4 is 11.6 Å². The van der Waals surface area contributed by atoms with Gasteiger partial charge < -0.3 is 10.1 Å². The summed E-state index contributed by atoms with van der Waals surface area (Å²) in [5.74, 6) is -1.44. The SMILES string of the molecule is Cn1nccc1-c1cc(NC(=O)c2cc(F)ccc2C(F)(F)F)ccc1OCCN1CCCCC1. The van der Waals surface area contributed by atoms with E-state index in [1.807, 2.05) is 0 Å². The second kappa shape index (κ2) is 10.5. The van der Waals surface area contributed by atoms with Crippen LogP contribution in [0.3, 0.4) is 0 Å². The number of nitrogens with zero attached hydrogens (tertiary/aromatic N) is 3. The number of alkyl halides is 3. The van der Waals surface area contributed by atoms with Gasteiger partial charge in [0.05, 0.1) is 16.8 Å². The summed E-state index contributed by atoms with van der Waals surface area (Å²) in [4.78, 5) is 15.0. The number of carbonyl (C=O) groups is 1. The zero-order chi connectivity index (χ0) is 25.0. The number of piperidine rings is 1. The minimum absolute atomic E-state index is 0.243. The molecule has 1 aliphatic heterocycles. The highest BCUT2D eigenvalue weighted by Gasteiger charge is 2.35. The number of benzene rings is 2. The molecule has 6 nitrogen and oxygen atoms in total. The number of ether oxygens (including phenoxy) is 1. The Kier molecular flexibility index (Phi) is 7.39. The van der Waals surface area contributed by atoms with Gasteiger partial charge in [-0.05, 0) is 68.4 Å². The van der Waals surface area contributed by atoms with Crippen molar-refractivity contribution in [2.24, 2.45) is 7.05 Å². The zero-order valence-corrected chi connectivity index (χ0v) is 19.2. The molecule has 1 fully saturated rings. The molecule has 0 spiro atoms. The van der Waals surface area contributed by atoms with Gasteiger partial charge in [0, 0.05) is 31.0 Å². The molecular formula is C25H26F4N4O2. The van der Waals surface area contributed by atoms with Crippen LogP contribution in [0.5, 0.6) is 5.75 Å². The number of hydrogen-bond donors (Lipinski definition) is 1. The van der Waals surface area contributed by atoms with Crippen molar-refractivity contribution in [3.63, 3.8) is 0 Å². The predicted molar refractivity (Wildman–Crippen MR) is 124 cm³/mol. The Bertz CT molecular complexity index is 1190. The minimum Gasteiger partial charge on any atom is -0.492 e. The van der Waals surface area contributed by atoms with E-state index in [1.165, 1.54) is 19.3 Å². The normalized spacial score (nSPS) is 14.7. The van der Waals surface area contributed by atoms with Gasteiger partial charge in [0.2, 0.25) is 0 Å². The van der Waals surface area contributed by atoms with Crippen LogP contribution in [0, 0.1) is 5.82 Å². The fraction of sp³-hybridized carbons (Fsp3) is 0.360. The van der Waals surface area contributed by atoms with Crippen molar-refractivity contribution in [1.29, 1.82) is 0 Å². The van der Waals surface area contributed by atoms with Gasteiger partial charge in [0.15, 0.2) is 0 Å². The fourth-order valence-electron chi connectivity index (χ4n) is 4.19. The monoisotopic (exact) mass is 490 g/mol. The van der Waals surface area contributed by atoms with Gasteiger partial charge in [-0.2, -0.15) is 18.3 Å². The van der Waals surface area contributed by atoms with Crippen molar-refractivity contribution in [1.82, 2.24) is 14.7 Å². The first-order chi connectivity index (χ1) is 16.7. The molecule has 0 saturated carbocycles. The molecule has 1 N–H and O–H groups in total. The molecule has 1 aliphatic rings. The molecule has 1 amide bonds. The quantitative estimate of drug-likeness (QED) is 0.453. The standard InChI is InChI=1S/C25H26F4N4O2/c1-32-22(9-10-30-32)20-16-18(6-8-23(20)35-14-13-33-11-3-2-4-12-33)31-24(34)19-15-17(26)5-7-21(19)25(27,28)29/h5-10,15-16H,2-4,11-14H2,1H3,(H,31,34). The Morgan fingerprint density at radius 2 is 1.86 bits per heavy atom. The molecule has 186 valence electrons. The summed E-state index contributed by atoms with van der Waals surface area (Å²) >= 11 is 0. The Morgan fingerprint density at radius 3 is 2.54 bits per heavy atom. The average Bonchev–Trinajstić information content (AvgIpc) is 3.25. The number of carbonyl (C=O) groups excluding carboxylic acids is 1. The summed E-state index contributed by atoms with van der Waals surface area (Å²) in [6, 6.07) is 8.40. The van der Waals surface area contributed by atoms with Gasteiger partial charge in [-0.3, -0.25) is 14.4 Å². The molecule has 0 unspecified atom stereocenters. The lowest BCUT2D eigenvalue weighted by molar-refractivity contribution is -0.137. The van der Waals surface area contributed by atoms with Gasteiger partial charge in [0.1, 0.15) is 18.2 Å². The molecule has 0 atom stereocenters. The van der Waals surface area contributed by atoms with Crippen LogP contribution in [0.1, 0.15) is 35.2 Å². The van der Waals surface area contributed by atoms with Crippen molar-refractivity contribution in [3.05, 3.63) is 65.6 Å². The number of nitrogens with one attached hydrogen (secondary N) is 1. The number of halogens is 4. The number of rotatable bonds is 7. The van der Waals surface area contributed by atoms with Crippen LogP contribution in [0.15, 0.2) is 48.7 Å². The van der Waals surface area contributed by atoms with E-state index in [-0.39, 0.29) is 5.69 Å². The largest absolute Gasteiger partial charge is 0.492 e. The van der Waals surface area contributed by atoms with E-state index in [0.29, 0.717) is 41.8 Å². The lowest BCUT2D eigenvalue weighted by Gasteiger charge is -2.26. The van der Waals surface area contributed by atoms with Gasteiger partial charge >= 0.3 is 6.18 Å². The highest BCUT2D eigenvalue weighted by atomic mass is 19.4. The molecule has 4 rings (SSSR count). The molecule has 2 heterocycles. The van der Waals surface area contributed by atoms with Crippen LogP contribution >= 0.6 is 0 Å². The van der Waals surface area contributed by atoms with Crippen molar-refractivity contribution < 1.29 is 27.1 Å². The van der Waals surface area contributed by atoms with Crippen LogP contribution in [0.2, 0.25) is 0 Å². The molecule has 0 bridgehead atoms. The molecule has 1 saturated heterocycles. The number of amides is 1. The second-order valence-electron chi connectivity index (χ2n) is 8.44. The fourth-order valence-corrected chi connectivity index (χ4v) is 4.19. The third-order valence-electron chi connectivity index (χ3n) is 5.98. The third-order valence-corrected chi connectivity index (χ3v) is 5.98. The number of aryl methyl sites for hydroxylation is 1. The van der Waals surface area contributed by atoms with Crippen LogP contribution in [0.25, 0.3) is 11.3 Å². The molecular weight excluding hydrogens is 464 g/mol. The molecule has 10 heteroatoms. The van der Waals surface area contributed by atoms with Gasteiger partial charge in [-0.25, -0.2) is 4.39 Å². The van der Waals surface area contributed by atoms with E-state index in [1.54, 1.807) is 42.2 Å². The summed E-state index contributed by atoms with van der Waals surface area (Å²) in [6.07, 6.45) is 0.411. The van der Waals surface area contributed by atoms with E-state index in [0.717, 1.165) is 19.6 Å². The third kappa shape index (κ3) is 6.00. The Balaban J connectivity index is 1.57. The van der Waals surface area contributed by atoms with E-state index < -0.39 is 29.0 Å². The Labute approximate surface area is 200 Å². The smallest absolute Gasteiger partial charge is 0.417 e. The number of anilines is 1. The van der Waals surface area contributed by atoms with Crippen LogP contribution in [0.4, 0.5) is 23.2 Å². The lowest BCUT2D eigenvalue weighted by Crippen LogP contribution is -2.33. The Hall–Kier alpha value is -3.40. The molecule has 0 aliphatic carbocycles. The van der Waals surface area contributed by atoms with E-state index in [2.05, 4.69) is 15.3 Å². The summed E-state index contributed by atoms with van der Waals surface area (Å²) in [6.45, 7) is 3.34. The van der Waals surface area contributed by atoms with Gasteiger partial charge in [0.25, 0.3) is 5.91 Å². The van der Waals surface area contributed by atoms with E-state index in [4.69, 9.17) is 4.74 Å². The van der Waals surface area contributed by atoms with Gasteiger partial charge in [-0.15, -0.1) is 0 Å². The van der Waals surface area contributed by atoms with Gasteiger partial charge in [-0.1, -0.05) is 6.42 Å². The summed E-state index contributed by atoms with van der Waals surface area (Å²) < 4.78 is 61.4. The van der Waals surface area contributed by atoms with E-state index >= 15 is 0 Å². The zero-order valence-electron chi connectivity index (χ0n) is 19.2. The average molecular weight is 491 g/mol. The topological polar surface area (TPSA) is 59.4 Å². The second-order valence-corrected chi connectivity index (χ2v) is 8.44. The maximum Gasteiger partial charge on any atom is 0.417 e. The number of hydrogen-bond acceptors (Lipinski definition) is 4. The summed E-state index contributed by atoms with van der Waals surface area (Å²) in [5, 5.41) is 6.63. The van der Waals surface area contributed by atoms with Crippen LogP contribution in [-0.4, -0.2) is 46.8 Å². The first-order valence-electron chi connectivity index (χ1n) is 11.4. The summed E-state index contributed by atoms with van der Waals surface area (Å²) in [5.41, 5.74) is -0.429. The molecule has 2 aromatic carbocycles. The van der Waals surface area contributed by atoms with E-state index in [9.17, 15) is 22.4 Å². The maximum atomic E-state index is 13.7. The molecule has 0 radical (unpaired) electrons.